The van der Waals surface area contributed by atoms with Crippen molar-refractivity contribution in [2.24, 2.45) is 17.6 Å². The first-order valence-corrected chi connectivity index (χ1v) is 8.20. The first-order chi connectivity index (χ1) is 9.16. The Bertz CT molecular complexity index is 290. The Hall–Kier alpha value is -0.280. The fourth-order valence-electron chi connectivity index (χ4n) is 3.63. The van der Waals surface area contributed by atoms with E-state index in [9.17, 15) is 4.79 Å². The number of amides is 1. The van der Waals surface area contributed by atoms with Crippen molar-refractivity contribution in [1.82, 2.24) is 4.90 Å². The summed E-state index contributed by atoms with van der Waals surface area (Å²) in [5.41, 5.74) is 5.98. The van der Waals surface area contributed by atoms with Crippen LogP contribution in [-0.2, 0) is 4.79 Å². The molecule has 0 aromatic rings. The van der Waals surface area contributed by atoms with Crippen molar-refractivity contribution in [3.8, 4) is 0 Å². The number of halogens is 1. The van der Waals surface area contributed by atoms with E-state index in [4.69, 9.17) is 5.73 Å². The number of likely N-dealkylation sites (tertiary alicyclic amines) is 1. The predicted octanol–water partition coefficient (Wildman–Crippen LogP) is 3.35. The highest BCUT2D eigenvalue weighted by molar-refractivity contribution is 5.85. The molecule has 4 heteroatoms. The van der Waals surface area contributed by atoms with Crippen molar-refractivity contribution in [1.29, 1.82) is 0 Å². The summed E-state index contributed by atoms with van der Waals surface area (Å²) >= 11 is 0. The van der Waals surface area contributed by atoms with Crippen LogP contribution in [0.15, 0.2) is 0 Å². The maximum atomic E-state index is 12.3. The van der Waals surface area contributed by atoms with Gasteiger partial charge in [-0.3, -0.25) is 4.79 Å². The summed E-state index contributed by atoms with van der Waals surface area (Å²) in [4.78, 5) is 14.4. The van der Waals surface area contributed by atoms with Crippen molar-refractivity contribution in [2.75, 3.05) is 13.1 Å². The van der Waals surface area contributed by atoms with Gasteiger partial charge in [-0.15, -0.1) is 12.4 Å². The Morgan fingerprint density at radius 3 is 2.55 bits per heavy atom. The standard InChI is InChI=1S/C16H30N2O.ClH/c1-13(17)15-8-5-11-18(12-15)16(19)10-9-14-6-3-2-4-7-14;/h13-15H,2-12,17H2,1H3;1H. The molecule has 1 amide bonds. The molecule has 1 aliphatic carbocycles. The van der Waals surface area contributed by atoms with E-state index in [1.807, 2.05) is 0 Å². The van der Waals surface area contributed by atoms with E-state index in [-0.39, 0.29) is 18.4 Å². The number of rotatable bonds is 4. The fraction of sp³-hybridized carbons (Fsp3) is 0.938. The van der Waals surface area contributed by atoms with Gasteiger partial charge in [-0.1, -0.05) is 32.1 Å². The predicted molar refractivity (Wildman–Crippen MR) is 86.0 cm³/mol. The molecule has 3 nitrogen and oxygen atoms in total. The molecule has 1 heterocycles. The van der Waals surface area contributed by atoms with Crippen LogP contribution >= 0.6 is 12.4 Å². The van der Waals surface area contributed by atoms with Gasteiger partial charge in [-0.05, 0) is 38.0 Å². The number of hydrogen-bond acceptors (Lipinski definition) is 2. The number of hydrogen-bond donors (Lipinski definition) is 1. The summed E-state index contributed by atoms with van der Waals surface area (Å²) in [6.07, 6.45) is 11.0. The van der Waals surface area contributed by atoms with Crippen LogP contribution in [0.1, 0.15) is 64.7 Å². The van der Waals surface area contributed by atoms with Gasteiger partial charge in [0.1, 0.15) is 0 Å². The van der Waals surface area contributed by atoms with Crippen LogP contribution in [0, 0.1) is 11.8 Å². The monoisotopic (exact) mass is 302 g/mol. The highest BCUT2D eigenvalue weighted by Gasteiger charge is 2.26. The van der Waals surface area contributed by atoms with E-state index in [1.54, 1.807) is 0 Å². The minimum absolute atomic E-state index is 0. The number of piperidine rings is 1. The lowest BCUT2D eigenvalue weighted by Gasteiger charge is -2.35. The number of carbonyl (C=O) groups is 1. The normalized spacial score (nSPS) is 25.9. The topological polar surface area (TPSA) is 46.3 Å². The molecule has 118 valence electrons. The van der Waals surface area contributed by atoms with Gasteiger partial charge in [0.15, 0.2) is 0 Å². The number of nitrogens with zero attached hydrogens (tertiary/aromatic N) is 1. The quantitative estimate of drug-likeness (QED) is 0.865. The van der Waals surface area contributed by atoms with Crippen molar-refractivity contribution < 1.29 is 4.79 Å². The molecule has 2 unspecified atom stereocenters. The fourth-order valence-corrected chi connectivity index (χ4v) is 3.63. The third-order valence-electron chi connectivity index (χ3n) is 5.05. The number of nitrogens with two attached hydrogens (primary N) is 1. The molecule has 1 saturated carbocycles. The first-order valence-electron chi connectivity index (χ1n) is 8.20. The molecule has 0 spiro atoms. The molecule has 20 heavy (non-hydrogen) atoms. The van der Waals surface area contributed by atoms with Gasteiger partial charge in [0, 0.05) is 25.6 Å². The summed E-state index contributed by atoms with van der Waals surface area (Å²) < 4.78 is 0. The molecular formula is C16H31ClN2O. The average molecular weight is 303 g/mol. The van der Waals surface area contributed by atoms with Crippen LogP contribution in [0.5, 0.6) is 0 Å². The highest BCUT2D eigenvalue weighted by Crippen LogP contribution is 2.28. The Kier molecular flexibility index (Phi) is 7.90. The van der Waals surface area contributed by atoms with Crippen LogP contribution in [-0.4, -0.2) is 29.9 Å². The zero-order valence-electron chi connectivity index (χ0n) is 12.9. The van der Waals surface area contributed by atoms with Gasteiger partial charge < -0.3 is 10.6 Å². The van der Waals surface area contributed by atoms with E-state index in [1.165, 1.54) is 38.5 Å². The lowest BCUT2D eigenvalue weighted by molar-refractivity contribution is -0.133. The molecule has 0 aromatic heterocycles. The van der Waals surface area contributed by atoms with E-state index in [0.717, 1.165) is 38.3 Å². The van der Waals surface area contributed by atoms with Gasteiger partial charge in [0.2, 0.25) is 5.91 Å². The second-order valence-electron chi connectivity index (χ2n) is 6.64. The molecule has 2 aliphatic rings. The van der Waals surface area contributed by atoms with Crippen LogP contribution in [0.4, 0.5) is 0 Å². The van der Waals surface area contributed by atoms with E-state index >= 15 is 0 Å². The molecule has 2 atom stereocenters. The molecule has 0 aromatic carbocycles. The molecule has 2 rings (SSSR count). The Morgan fingerprint density at radius 2 is 1.90 bits per heavy atom. The Balaban J connectivity index is 0.00000200. The summed E-state index contributed by atoms with van der Waals surface area (Å²) in [7, 11) is 0. The molecule has 1 saturated heterocycles. The highest BCUT2D eigenvalue weighted by atomic mass is 35.5. The second-order valence-corrected chi connectivity index (χ2v) is 6.64. The van der Waals surface area contributed by atoms with Crippen molar-refractivity contribution in [2.45, 2.75) is 70.8 Å². The van der Waals surface area contributed by atoms with E-state index < -0.39 is 0 Å². The third-order valence-corrected chi connectivity index (χ3v) is 5.05. The van der Waals surface area contributed by atoms with Gasteiger partial charge in [0.05, 0.1) is 0 Å². The first kappa shape index (κ1) is 17.8. The van der Waals surface area contributed by atoms with Gasteiger partial charge in [0.25, 0.3) is 0 Å². The van der Waals surface area contributed by atoms with Crippen molar-refractivity contribution in [3.05, 3.63) is 0 Å². The second kappa shape index (κ2) is 8.89. The SMILES string of the molecule is CC(N)C1CCCN(C(=O)CCC2CCCCC2)C1.Cl. The third kappa shape index (κ3) is 5.25. The largest absolute Gasteiger partial charge is 0.342 e. The zero-order valence-corrected chi connectivity index (χ0v) is 13.7. The van der Waals surface area contributed by atoms with Gasteiger partial charge in [-0.2, -0.15) is 0 Å². The maximum Gasteiger partial charge on any atom is 0.222 e. The van der Waals surface area contributed by atoms with Crippen LogP contribution in [0.3, 0.4) is 0 Å². The average Bonchev–Trinajstić information content (AvgIpc) is 2.46. The van der Waals surface area contributed by atoms with E-state index in [0.29, 0.717) is 11.8 Å². The Labute approximate surface area is 130 Å². The van der Waals surface area contributed by atoms with Crippen LogP contribution < -0.4 is 5.73 Å². The van der Waals surface area contributed by atoms with Gasteiger partial charge >= 0.3 is 0 Å². The lowest BCUT2D eigenvalue weighted by atomic mass is 9.86. The summed E-state index contributed by atoms with van der Waals surface area (Å²) in [6, 6.07) is 0.217. The molecular weight excluding hydrogens is 272 g/mol. The molecule has 2 fully saturated rings. The van der Waals surface area contributed by atoms with Crippen molar-refractivity contribution >= 4 is 18.3 Å². The molecule has 1 aliphatic heterocycles. The van der Waals surface area contributed by atoms with Crippen molar-refractivity contribution in [3.63, 3.8) is 0 Å². The minimum atomic E-state index is 0. The maximum absolute atomic E-state index is 12.3. The van der Waals surface area contributed by atoms with E-state index in [2.05, 4.69) is 11.8 Å². The smallest absolute Gasteiger partial charge is 0.222 e. The summed E-state index contributed by atoms with van der Waals surface area (Å²) in [6.45, 7) is 3.91. The Morgan fingerprint density at radius 1 is 1.20 bits per heavy atom. The van der Waals surface area contributed by atoms with Gasteiger partial charge in [-0.25, -0.2) is 0 Å². The lowest BCUT2D eigenvalue weighted by Crippen LogP contribution is -2.45. The minimum Gasteiger partial charge on any atom is -0.342 e. The van der Waals surface area contributed by atoms with Crippen LogP contribution in [0.25, 0.3) is 0 Å². The zero-order chi connectivity index (χ0) is 13.7. The molecule has 2 N–H and O–H groups in total. The molecule has 0 radical (unpaired) electrons. The molecule has 0 bridgehead atoms. The van der Waals surface area contributed by atoms with Crippen LogP contribution in [0.2, 0.25) is 0 Å². The summed E-state index contributed by atoms with van der Waals surface area (Å²) in [5, 5.41) is 0. The summed E-state index contributed by atoms with van der Waals surface area (Å²) in [5.74, 6) is 1.69. The number of carbonyl (C=O) groups excluding carboxylic acids is 1.